The van der Waals surface area contributed by atoms with Crippen molar-refractivity contribution in [3.8, 4) is 0 Å². The Morgan fingerprint density at radius 2 is 2.18 bits per heavy atom. The molecule has 5 nitrogen and oxygen atoms in total. The summed E-state index contributed by atoms with van der Waals surface area (Å²) in [6, 6.07) is 1.39. The summed E-state index contributed by atoms with van der Waals surface area (Å²) < 4.78 is 26.2. The SMILES string of the molecule is CC[C@@H](C)C(=O)NS(=O)(=O)c1cncc(Br)c1. The number of sulfonamides is 1. The zero-order valence-electron chi connectivity index (χ0n) is 9.47. The molecule has 0 saturated carbocycles. The van der Waals surface area contributed by atoms with Crippen LogP contribution in [0.3, 0.4) is 0 Å². The van der Waals surface area contributed by atoms with E-state index in [4.69, 9.17) is 0 Å². The molecular formula is C10H13BrN2O3S. The molecule has 0 spiro atoms. The highest BCUT2D eigenvalue weighted by Crippen LogP contribution is 2.14. The van der Waals surface area contributed by atoms with Crippen molar-refractivity contribution in [3.63, 3.8) is 0 Å². The highest BCUT2D eigenvalue weighted by molar-refractivity contribution is 9.10. The molecule has 0 aliphatic rings. The molecule has 1 N–H and O–H groups in total. The minimum Gasteiger partial charge on any atom is -0.274 e. The Balaban J connectivity index is 2.94. The second-order valence-electron chi connectivity index (χ2n) is 3.62. The van der Waals surface area contributed by atoms with Gasteiger partial charge in [-0.15, -0.1) is 0 Å². The van der Waals surface area contributed by atoms with Crippen LogP contribution in [-0.2, 0) is 14.8 Å². The lowest BCUT2D eigenvalue weighted by molar-refractivity contribution is -0.122. The van der Waals surface area contributed by atoms with Crippen LogP contribution in [0.5, 0.6) is 0 Å². The molecule has 1 rings (SSSR count). The molecule has 1 heterocycles. The van der Waals surface area contributed by atoms with Gasteiger partial charge in [-0.3, -0.25) is 9.78 Å². The second kappa shape index (κ2) is 5.59. The van der Waals surface area contributed by atoms with Crippen molar-refractivity contribution in [2.45, 2.75) is 25.2 Å². The van der Waals surface area contributed by atoms with E-state index in [9.17, 15) is 13.2 Å². The van der Waals surface area contributed by atoms with Crippen LogP contribution in [0.2, 0.25) is 0 Å². The van der Waals surface area contributed by atoms with E-state index in [2.05, 4.69) is 20.9 Å². The maximum absolute atomic E-state index is 11.8. The Morgan fingerprint density at radius 3 is 2.71 bits per heavy atom. The van der Waals surface area contributed by atoms with Crippen molar-refractivity contribution in [2.75, 3.05) is 0 Å². The van der Waals surface area contributed by atoms with Crippen molar-refractivity contribution in [3.05, 3.63) is 22.9 Å². The Morgan fingerprint density at radius 1 is 1.53 bits per heavy atom. The zero-order valence-corrected chi connectivity index (χ0v) is 11.9. The maximum atomic E-state index is 11.8. The quantitative estimate of drug-likeness (QED) is 0.916. The number of aromatic nitrogens is 1. The predicted octanol–water partition coefficient (Wildman–Crippen LogP) is 1.70. The van der Waals surface area contributed by atoms with Crippen molar-refractivity contribution >= 4 is 31.9 Å². The minimum absolute atomic E-state index is 0.0384. The Labute approximate surface area is 109 Å². The second-order valence-corrected chi connectivity index (χ2v) is 6.22. The molecule has 0 bridgehead atoms. The summed E-state index contributed by atoms with van der Waals surface area (Å²) in [4.78, 5) is 15.2. The molecular weight excluding hydrogens is 308 g/mol. The first kappa shape index (κ1) is 14.1. The van der Waals surface area contributed by atoms with Crippen molar-refractivity contribution in [1.29, 1.82) is 0 Å². The highest BCUT2D eigenvalue weighted by atomic mass is 79.9. The number of amides is 1. The first-order valence-corrected chi connectivity index (χ1v) is 7.31. The Bertz CT molecular complexity index is 516. The fourth-order valence-corrected chi connectivity index (χ4v) is 2.60. The lowest BCUT2D eigenvalue weighted by Gasteiger charge is -2.10. The third-order valence-electron chi connectivity index (χ3n) is 2.29. The number of hydrogen-bond donors (Lipinski definition) is 1. The van der Waals surface area contributed by atoms with E-state index in [1.807, 2.05) is 11.6 Å². The molecule has 0 saturated heterocycles. The van der Waals surface area contributed by atoms with Crippen LogP contribution in [0, 0.1) is 5.92 Å². The molecule has 0 radical (unpaired) electrons. The normalized spacial score (nSPS) is 13.1. The van der Waals surface area contributed by atoms with Crippen LogP contribution in [0.4, 0.5) is 0 Å². The number of nitrogens with one attached hydrogen (secondary N) is 1. The summed E-state index contributed by atoms with van der Waals surface area (Å²) in [5.41, 5.74) is 0. The third-order valence-corrected chi connectivity index (χ3v) is 4.03. The van der Waals surface area contributed by atoms with Gasteiger partial charge in [-0.05, 0) is 28.4 Å². The van der Waals surface area contributed by atoms with Crippen LogP contribution >= 0.6 is 15.9 Å². The zero-order chi connectivity index (χ0) is 13.1. The van der Waals surface area contributed by atoms with Gasteiger partial charge in [-0.2, -0.15) is 0 Å². The van der Waals surface area contributed by atoms with E-state index >= 15 is 0 Å². The smallest absolute Gasteiger partial charge is 0.265 e. The maximum Gasteiger partial charge on any atom is 0.265 e. The summed E-state index contributed by atoms with van der Waals surface area (Å²) >= 11 is 3.12. The van der Waals surface area contributed by atoms with Gasteiger partial charge in [0.05, 0.1) is 0 Å². The molecule has 1 aromatic rings. The van der Waals surface area contributed by atoms with Gasteiger partial charge < -0.3 is 0 Å². The van der Waals surface area contributed by atoms with Gasteiger partial charge in [-0.25, -0.2) is 13.1 Å². The molecule has 1 atom stereocenters. The summed E-state index contributed by atoms with van der Waals surface area (Å²) in [5.74, 6) is -0.850. The van der Waals surface area contributed by atoms with Gasteiger partial charge >= 0.3 is 0 Å². The van der Waals surface area contributed by atoms with Crippen LogP contribution in [0.25, 0.3) is 0 Å². The van der Waals surface area contributed by atoms with Gasteiger partial charge in [0.2, 0.25) is 5.91 Å². The van der Waals surface area contributed by atoms with E-state index in [-0.39, 0.29) is 10.8 Å². The summed E-state index contributed by atoms with van der Waals surface area (Å²) in [7, 11) is -3.83. The average molecular weight is 321 g/mol. The van der Waals surface area contributed by atoms with Gasteiger partial charge in [-0.1, -0.05) is 13.8 Å². The highest BCUT2D eigenvalue weighted by Gasteiger charge is 2.21. The van der Waals surface area contributed by atoms with Crippen molar-refractivity contribution in [2.24, 2.45) is 5.92 Å². The van der Waals surface area contributed by atoms with Crippen LogP contribution in [-0.4, -0.2) is 19.3 Å². The lowest BCUT2D eigenvalue weighted by atomic mass is 10.1. The molecule has 0 aliphatic heterocycles. The molecule has 0 aliphatic carbocycles. The van der Waals surface area contributed by atoms with Crippen LogP contribution in [0.15, 0.2) is 27.8 Å². The predicted molar refractivity (Wildman–Crippen MR) is 66.7 cm³/mol. The first-order chi connectivity index (χ1) is 7.86. The van der Waals surface area contributed by atoms with Gasteiger partial charge in [0.1, 0.15) is 4.90 Å². The monoisotopic (exact) mass is 320 g/mol. The van der Waals surface area contributed by atoms with Crippen LogP contribution in [0.1, 0.15) is 20.3 Å². The van der Waals surface area contributed by atoms with Gasteiger partial charge in [0, 0.05) is 22.8 Å². The minimum atomic E-state index is -3.83. The number of pyridine rings is 1. The number of rotatable bonds is 4. The molecule has 94 valence electrons. The molecule has 1 aromatic heterocycles. The molecule has 1 amide bonds. The van der Waals surface area contributed by atoms with Crippen molar-refractivity contribution < 1.29 is 13.2 Å². The summed E-state index contributed by atoms with van der Waals surface area (Å²) in [6.45, 7) is 3.49. The Kier molecular flexibility index (Phi) is 4.64. The fraction of sp³-hybridized carbons (Fsp3) is 0.400. The van der Waals surface area contributed by atoms with E-state index in [0.29, 0.717) is 10.9 Å². The van der Waals surface area contributed by atoms with Crippen molar-refractivity contribution in [1.82, 2.24) is 9.71 Å². The van der Waals surface area contributed by atoms with E-state index < -0.39 is 15.9 Å². The number of nitrogens with zero attached hydrogens (tertiary/aromatic N) is 1. The van der Waals surface area contributed by atoms with E-state index in [1.165, 1.54) is 18.5 Å². The standard InChI is InChI=1S/C10H13BrN2O3S/c1-3-7(2)10(14)13-17(15,16)9-4-8(11)5-12-6-9/h4-7H,3H2,1-2H3,(H,13,14)/t7-/m1/s1. The number of carbonyl (C=O) groups excluding carboxylic acids is 1. The largest absolute Gasteiger partial charge is 0.274 e. The average Bonchev–Trinajstić information content (AvgIpc) is 2.27. The molecule has 0 unspecified atom stereocenters. The van der Waals surface area contributed by atoms with Gasteiger partial charge in [0.15, 0.2) is 0 Å². The summed E-state index contributed by atoms with van der Waals surface area (Å²) in [5, 5.41) is 0. The molecule has 17 heavy (non-hydrogen) atoms. The third kappa shape index (κ3) is 3.78. The number of halogens is 1. The topological polar surface area (TPSA) is 76.1 Å². The lowest BCUT2D eigenvalue weighted by Crippen LogP contribution is -2.34. The van der Waals surface area contributed by atoms with E-state index in [1.54, 1.807) is 6.92 Å². The summed E-state index contributed by atoms with van der Waals surface area (Å²) in [6.07, 6.45) is 3.24. The van der Waals surface area contributed by atoms with E-state index in [0.717, 1.165) is 0 Å². The Hall–Kier alpha value is -0.950. The molecule has 0 fully saturated rings. The molecule has 7 heteroatoms. The number of hydrogen-bond acceptors (Lipinski definition) is 4. The van der Waals surface area contributed by atoms with Gasteiger partial charge in [0.25, 0.3) is 10.0 Å². The molecule has 0 aromatic carbocycles. The van der Waals surface area contributed by atoms with Crippen LogP contribution < -0.4 is 4.72 Å². The fourth-order valence-electron chi connectivity index (χ4n) is 1.02. The first-order valence-electron chi connectivity index (χ1n) is 5.04. The number of carbonyl (C=O) groups is 1.